The maximum absolute atomic E-state index is 12.6. The third-order valence-electron chi connectivity index (χ3n) is 5.11. The summed E-state index contributed by atoms with van der Waals surface area (Å²) in [5.41, 5.74) is 1.80. The molecule has 1 heterocycles. The number of amides is 1. The van der Waals surface area contributed by atoms with Gasteiger partial charge in [0.2, 0.25) is 15.9 Å². The number of sulfonamides is 1. The summed E-state index contributed by atoms with van der Waals surface area (Å²) in [7, 11) is -3.59. The van der Waals surface area contributed by atoms with Crippen molar-refractivity contribution >= 4 is 27.3 Å². The van der Waals surface area contributed by atoms with E-state index in [2.05, 4.69) is 32.0 Å². The minimum atomic E-state index is -3.59. The monoisotopic (exact) mass is 416 g/mol. The van der Waals surface area contributed by atoms with Gasteiger partial charge in [-0.2, -0.15) is 0 Å². The number of hydrogen-bond donors (Lipinski definition) is 2. The second-order valence-corrected chi connectivity index (χ2v) is 9.03. The van der Waals surface area contributed by atoms with Crippen molar-refractivity contribution in [1.29, 1.82) is 0 Å². The maximum Gasteiger partial charge on any atom is 0.240 e. The highest BCUT2D eigenvalue weighted by Gasteiger charge is 2.23. The molecule has 1 amide bonds. The van der Waals surface area contributed by atoms with E-state index in [9.17, 15) is 13.2 Å². The van der Waals surface area contributed by atoms with Gasteiger partial charge in [-0.05, 0) is 43.3 Å². The molecule has 1 aliphatic rings. The summed E-state index contributed by atoms with van der Waals surface area (Å²) >= 11 is 0. The van der Waals surface area contributed by atoms with Gasteiger partial charge in [-0.25, -0.2) is 13.1 Å². The number of nitrogens with zero attached hydrogens (tertiary/aromatic N) is 2. The van der Waals surface area contributed by atoms with Gasteiger partial charge in [-0.15, -0.1) is 0 Å². The Kier molecular flexibility index (Phi) is 6.89. The number of carbonyl (C=O) groups excluding carboxylic acids is 1. The minimum Gasteiger partial charge on any atom is -0.369 e. The first kappa shape index (κ1) is 21.3. The molecule has 0 spiro atoms. The van der Waals surface area contributed by atoms with E-state index < -0.39 is 10.0 Å². The molecule has 0 aliphatic carbocycles. The molecule has 2 aromatic carbocycles. The molecule has 0 radical (unpaired) electrons. The molecule has 1 unspecified atom stereocenters. The van der Waals surface area contributed by atoms with Crippen molar-refractivity contribution in [2.75, 3.05) is 42.9 Å². The van der Waals surface area contributed by atoms with Gasteiger partial charge in [-0.1, -0.05) is 18.2 Å². The van der Waals surface area contributed by atoms with Crippen molar-refractivity contribution in [2.45, 2.75) is 24.8 Å². The molecule has 2 N–H and O–H groups in total. The van der Waals surface area contributed by atoms with E-state index in [-0.39, 0.29) is 16.8 Å². The van der Waals surface area contributed by atoms with Crippen molar-refractivity contribution in [2.24, 2.45) is 0 Å². The van der Waals surface area contributed by atoms with Gasteiger partial charge in [-0.3, -0.25) is 9.69 Å². The lowest BCUT2D eigenvalue weighted by Crippen LogP contribution is -2.52. The summed E-state index contributed by atoms with van der Waals surface area (Å²) in [6, 6.07) is 16.6. The largest absolute Gasteiger partial charge is 0.369 e. The van der Waals surface area contributed by atoms with E-state index in [1.54, 1.807) is 12.1 Å². The Morgan fingerprint density at radius 2 is 1.62 bits per heavy atom. The third kappa shape index (κ3) is 5.79. The Balaban J connectivity index is 1.51. The minimum absolute atomic E-state index is 0.0985. The van der Waals surface area contributed by atoms with Crippen LogP contribution in [-0.4, -0.2) is 58.0 Å². The molecule has 2 aromatic rings. The van der Waals surface area contributed by atoms with Crippen molar-refractivity contribution < 1.29 is 13.2 Å². The summed E-state index contributed by atoms with van der Waals surface area (Å²) in [6.07, 6.45) is 0. The van der Waals surface area contributed by atoms with Crippen molar-refractivity contribution in [3.05, 3.63) is 54.6 Å². The lowest BCUT2D eigenvalue weighted by Gasteiger charge is -2.39. The van der Waals surface area contributed by atoms with Crippen LogP contribution in [0.3, 0.4) is 0 Å². The van der Waals surface area contributed by atoms with E-state index >= 15 is 0 Å². The fraction of sp³-hybridized carbons (Fsp3) is 0.381. The van der Waals surface area contributed by atoms with Gasteiger partial charge >= 0.3 is 0 Å². The Morgan fingerprint density at radius 3 is 2.21 bits per heavy atom. The second kappa shape index (κ2) is 9.39. The van der Waals surface area contributed by atoms with E-state index in [1.807, 2.05) is 25.1 Å². The highest BCUT2D eigenvalue weighted by molar-refractivity contribution is 7.89. The van der Waals surface area contributed by atoms with Gasteiger partial charge in [0.25, 0.3) is 0 Å². The van der Waals surface area contributed by atoms with Crippen LogP contribution in [0.1, 0.15) is 13.8 Å². The van der Waals surface area contributed by atoms with Crippen LogP contribution >= 0.6 is 0 Å². The number of rotatable bonds is 7. The number of anilines is 2. The molecule has 0 aromatic heterocycles. The molecule has 3 rings (SSSR count). The molecule has 0 saturated carbocycles. The predicted octanol–water partition coefficient (Wildman–Crippen LogP) is 2.13. The Hall–Kier alpha value is -2.42. The maximum atomic E-state index is 12.6. The zero-order chi connectivity index (χ0) is 20.9. The number of nitrogens with one attached hydrogen (secondary N) is 2. The third-order valence-corrected chi connectivity index (χ3v) is 6.55. The molecule has 1 saturated heterocycles. The van der Waals surface area contributed by atoms with Crippen LogP contribution in [0, 0.1) is 0 Å². The number of hydrogen-bond acceptors (Lipinski definition) is 5. The first-order valence-electron chi connectivity index (χ1n) is 9.76. The van der Waals surface area contributed by atoms with E-state index in [4.69, 9.17) is 0 Å². The zero-order valence-corrected chi connectivity index (χ0v) is 17.7. The summed E-state index contributed by atoms with van der Waals surface area (Å²) in [5, 5.41) is 2.63. The van der Waals surface area contributed by atoms with Gasteiger partial charge < -0.3 is 10.2 Å². The van der Waals surface area contributed by atoms with Crippen LogP contribution in [0.4, 0.5) is 11.4 Å². The van der Waals surface area contributed by atoms with Gasteiger partial charge in [0, 0.05) is 57.1 Å². The SMILES string of the molecule is CC(=O)Nc1ccc(S(=O)(=O)NCC(C)N2CCN(c3ccccc3)CC2)cc1. The average molecular weight is 417 g/mol. The Labute approximate surface area is 172 Å². The van der Waals surface area contributed by atoms with Crippen LogP contribution in [0.5, 0.6) is 0 Å². The lowest BCUT2D eigenvalue weighted by molar-refractivity contribution is -0.114. The Morgan fingerprint density at radius 1 is 1.00 bits per heavy atom. The highest BCUT2D eigenvalue weighted by Crippen LogP contribution is 2.17. The summed E-state index contributed by atoms with van der Waals surface area (Å²) < 4.78 is 27.8. The summed E-state index contributed by atoms with van der Waals surface area (Å²) in [6.45, 7) is 7.43. The number of carbonyl (C=O) groups is 1. The fourth-order valence-corrected chi connectivity index (χ4v) is 4.54. The highest BCUT2D eigenvalue weighted by atomic mass is 32.2. The molecule has 29 heavy (non-hydrogen) atoms. The molecule has 1 atom stereocenters. The fourth-order valence-electron chi connectivity index (χ4n) is 3.42. The first-order valence-corrected chi connectivity index (χ1v) is 11.2. The molecule has 156 valence electrons. The quantitative estimate of drug-likeness (QED) is 0.723. The second-order valence-electron chi connectivity index (χ2n) is 7.27. The normalized spacial score (nSPS) is 16.4. The van der Waals surface area contributed by atoms with Crippen molar-refractivity contribution in [1.82, 2.24) is 9.62 Å². The molecular weight excluding hydrogens is 388 g/mol. The smallest absolute Gasteiger partial charge is 0.240 e. The van der Waals surface area contributed by atoms with Crippen LogP contribution in [0.15, 0.2) is 59.5 Å². The molecular formula is C21H28N4O3S. The van der Waals surface area contributed by atoms with Gasteiger partial charge in [0.05, 0.1) is 4.90 Å². The van der Waals surface area contributed by atoms with Crippen LogP contribution in [-0.2, 0) is 14.8 Å². The predicted molar refractivity (Wildman–Crippen MR) is 116 cm³/mol. The van der Waals surface area contributed by atoms with E-state index in [1.165, 1.54) is 24.7 Å². The standard InChI is InChI=1S/C21H28N4O3S/c1-17(24-12-14-25(15-13-24)20-6-4-3-5-7-20)16-22-29(27,28)21-10-8-19(9-11-21)23-18(2)26/h3-11,17,22H,12-16H2,1-2H3,(H,23,26). The van der Waals surface area contributed by atoms with Gasteiger partial charge in [0.15, 0.2) is 0 Å². The molecule has 7 nitrogen and oxygen atoms in total. The van der Waals surface area contributed by atoms with E-state index in [0.717, 1.165) is 26.2 Å². The molecule has 8 heteroatoms. The van der Waals surface area contributed by atoms with Crippen LogP contribution in [0.2, 0.25) is 0 Å². The zero-order valence-electron chi connectivity index (χ0n) is 16.8. The molecule has 1 aliphatic heterocycles. The molecule has 1 fully saturated rings. The van der Waals surface area contributed by atoms with Crippen LogP contribution in [0.25, 0.3) is 0 Å². The topological polar surface area (TPSA) is 81.7 Å². The number of benzene rings is 2. The average Bonchev–Trinajstić information content (AvgIpc) is 2.73. The first-order chi connectivity index (χ1) is 13.8. The van der Waals surface area contributed by atoms with Crippen molar-refractivity contribution in [3.63, 3.8) is 0 Å². The Bertz CT molecular complexity index is 909. The van der Waals surface area contributed by atoms with E-state index in [0.29, 0.717) is 12.2 Å². The van der Waals surface area contributed by atoms with Crippen LogP contribution < -0.4 is 14.9 Å². The summed E-state index contributed by atoms with van der Waals surface area (Å²) in [4.78, 5) is 15.9. The van der Waals surface area contributed by atoms with Crippen molar-refractivity contribution in [3.8, 4) is 0 Å². The lowest BCUT2D eigenvalue weighted by atomic mass is 10.2. The number of para-hydroxylation sites is 1. The molecule has 0 bridgehead atoms. The van der Waals surface area contributed by atoms with Gasteiger partial charge in [0.1, 0.15) is 0 Å². The summed E-state index contributed by atoms with van der Waals surface area (Å²) in [5.74, 6) is -0.195. The number of piperazine rings is 1.